The van der Waals surface area contributed by atoms with Gasteiger partial charge in [0.2, 0.25) is 0 Å². The molecule has 4 rings (SSSR count). The Balaban J connectivity index is 1.74. The molecule has 0 atom stereocenters. The maximum absolute atomic E-state index is 13.3. The summed E-state index contributed by atoms with van der Waals surface area (Å²) in [6.45, 7) is 0. The van der Waals surface area contributed by atoms with Crippen molar-refractivity contribution in [1.82, 2.24) is 0 Å². The quantitative estimate of drug-likeness (QED) is 0.327. The number of non-ortho nitro benzene ring substituents is 1. The van der Waals surface area contributed by atoms with Gasteiger partial charge in [0.05, 0.1) is 21.1 Å². The number of nitro groups is 1. The van der Waals surface area contributed by atoms with E-state index in [9.17, 15) is 19.7 Å². The van der Waals surface area contributed by atoms with Gasteiger partial charge in [-0.1, -0.05) is 48.5 Å². The van der Waals surface area contributed by atoms with Crippen LogP contribution >= 0.6 is 11.8 Å². The second kappa shape index (κ2) is 8.34. The van der Waals surface area contributed by atoms with Gasteiger partial charge in [0.15, 0.2) is 0 Å². The summed E-state index contributed by atoms with van der Waals surface area (Å²) in [5.74, 6) is -0.301. The van der Waals surface area contributed by atoms with Crippen molar-refractivity contribution in [3.63, 3.8) is 0 Å². The number of anilines is 1. The van der Waals surface area contributed by atoms with Crippen LogP contribution in [0.2, 0.25) is 0 Å². The molecule has 0 unspecified atom stereocenters. The minimum Gasteiger partial charge on any atom is -0.268 e. The highest BCUT2D eigenvalue weighted by molar-refractivity contribution is 8.03. The van der Waals surface area contributed by atoms with Crippen molar-refractivity contribution in [2.45, 2.75) is 5.75 Å². The lowest BCUT2D eigenvalue weighted by atomic mass is 10.1. The maximum atomic E-state index is 13.3. The normalized spacial score (nSPS) is 13.8. The van der Waals surface area contributed by atoms with Crippen molar-refractivity contribution in [2.24, 2.45) is 0 Å². The molecule has 0 aromatic heterocycles. The fourth-order valence-electron chi connectivity index (χ4n) is 3.19. The first-order valence-electron chi connectivity index (χ1n) is 9.16. The highest BCUT2D eigenvalue weighted by Crippen LogP contribution is 2.39. The SMILES string of the molecule is O=C1C(SCc2ccccc2)=C(c2ccc([N+](=O)[O-])cc2)C(=O)N1c1ccccc1. The molecule has 1 aliphatic heterocycles. The Hall–Kier alpha value is -3.71. The molecule has 0 radical (unpaired) electrons. The van der Waals surface area contributed by atoms with E-state index in [1.807, 2.05) is 36.4 Å². The lowest BCUT2D eigenvalue weighted by molar-refractivity contribution is -0.384. The van der Waals surface area contributed by atoms with Crippen molar-refractivity contribution < 1.29 is 14.5 Å². The molecule has 6 nitrogen and oxygen atoms in total. The Kier molecular flexibility index (Phi) is 5.45. The summed E-state index contributed by atoms with van der Waals surface area (Å²) in [7, 11) is 0. The zero-order valence-corrected chi connectivity index (χ0v) is 16.5. The lowest BCUT2D eigenvalue weighted by Gasteiger charge is -2.14. The van der Waals surface area contributed by atoms with E-state index in [1.165, 1.54) is 36.0 Å². The molecule has 0 saturated heterocycles. The number of nitro benzene ring substituents is 1. The minimum absolute atomic E-state index is 0.0745. The van der Waals surface area contributed by atoms with Crippen LogP contribution in [0.1, 0.15) is 11.1 Å². The molecule has 0 N–H and O–H groups in total. The number of hydrogen-bond acceptors (Lipinski definition) is 5. The number of imide groups is 1. The van der Waals surface area contributed by atoms with Gasteiger partial charge in [0.25, 0.3) is 17.5 Å². The molecule has 2 amide bonds. The molecule has 1 heterocycles. The predicted octanol–water partition coefficient (Wildman–Crippen LogP) is 4.81. The molecule has 0 fully saturated rings. The first-order chi connectivity index (χ1) is 14.6. The Morgan fingerprint density at radius 3 is 2.00 bits per heavy atom. The fourth-order valence-corrected chi connectivity index (χ4v) is 4.26. The van der Waals surface area contributed by atoms with Crippen molar-refractivity contribution in [2.75, 3.05) is 4.90 Å². The van der Waals surface area contributed by atoms with Gasteiger partial charge in [0, 0.05) is 17.9 Å². The van der Waals surface area contributed by atoms with E-state index >= 15 is 0 Å². The molecular weight excluding hydrogens is 400 g/mol. The summed E-state index contributed by atoms with van der Waals surface area (Å²) >= 11 is 1.29. The molecule has 148 valence electrons. The first kappa shape index (κ1) is 19.6. The third kappa shape index (κ3) is 3.75. The Morgan fingerprint density at radius 1 is 0.800 bits per heavy atom. The first-order valence-corrected chi connectivity index (χ1v) is 10.1. The van der Waals surface area contributed by atoms with E-state index in [4.69, 9.17) is 0 Å². The van der Waals surface area contributed by atoms with Gasteiger partial charge in [-0.3, -0.25) is 19.7 Å². The zero-order valence-electron chi connectivity index (χ0n) is 15.7. The highest BCUT2D eigenvalue weighted by Gasteiger charge is 2.40. The average Bonchev–Trinajstić information content (AvgIpc) is 3.03. The molecule has 0 saturated carbocycles. The summed E-state index contributed by atoms with van der Waals surface area (Å²) in [5, 5.41) is 11.0. The van der Waals surface area contributed by atoms with Crippen molar-refractivity contribution in [3.05, 3.63) is 111 Å². The van der Waals surface area contributed by atoms with Gasteiger partial charge in [0.1, 0.15) is 0 Å². The number of amides is 2. The number of carbonyl (C=O) groups excluding carboxylic acids is 2. The number of hydrogen-bond donors (Lipinski definition) is 0. The molecule has 3 aromatic carbocycles. The topological polar surface area (TPSA) is 80.5 Å². The van der Waals surface area contributed by atoms with E-state index in [-0.39, 0.29) is 17.2 Å². The average molecular weight is 416 g/mol. The van der Waals surface area contributed by atoms with Crippen LogP contribution in [0.25, 0.3) is 5.57 Å². The second-order valence-corrected chi connectivity index (χ2v) is 7.55. The van der Waals surface area contributed by atoms with Crippen LogP contribution in [0.4, 0.5) is 11.4 Å². The van der Waals surface area contributed by atoms with Crippen molar-refractivity contribution in [3.8, 4) is 0 Å². The molecule has 7 heteroatoms. The van der Waals surface area contributed by atoms with Crippen LogP contribution in [0.3, 0.4) is 0 Å². The van der Waals surface area contributed by atoms with E-state index in [0.29, 0.717) is 21.9 Å². The highest BCUT2D eigenvalue weighted by atomic mass is 32.2. The smallest absolute Gasteiger partial charge is 0.268 e. The van der Waals surface area contributed by atoms with E-state index < -0.39 is 10.8 Å². The summed E-state index contributed by atoms with van der Waals surface area (Å²) in [5.41, 5.74) is 2.18. The largest absolute Gasteiger partial charge is 0.272 e. The third-order valence-corrected chi connectivity index (χ3v) is 5.79. The predicted molar refractivity (Wildman–Crippen MR) is 117 cm³/mol. The Bertz CT molecular complexity index is 1140. The van der Waals surface area contributed by atoms with E-state index in [0.717, 1.165) is 10.5 Å². The molecule has 3 aromatic rings. The third-order valence-electron chi connectivity index (χ3n) is 4.65. The van der Waals surface area contributed by atoms with Gasteiger partial charge >= 0.3 is 0 Å². The van der Waals surface area contributed by atoms with Gasteiger partial charge in [-0.05, 0) is 35.4 Å². The van der Waals surface area contributed by atoms with Crippen LogP contribution in [-0.2, 0) is 15.3 Å². The zero-order chi connectivity index (χ0) is 21.1. The lowest BCUT2D eigenvalue weighted by Crippen LogP contribution is -2.31. The Morgan fingerprint density at radius 2 is 1.40 bits per heavy atom. The standard InChI is InChI=1S/C23H16N2O4S/c26-22-20(17-11-13-19(14-12-17)25(28)29)21(30-15-16-7-3-1-4-8-16)23(27)24(22)18-9-5-2-6-10-18/h1-14H,15H2. The van der Waals surface area contributed by atoms with Crippen molar-refractivity contribution in [1.29, 1.82) is 0 Å². The number of benzene rings is 3. The van der Waals surface area contributed by atoms with Gasteiger partial charge < -0.3 is 0 Å². The number of nitrogens with zero attached hydrogens (tertiary/aromatic N) is 2. The minimum atomic E-state index is -0.499. The van der Waals surface area contributed by atoms with Crippen LogP contribution in [0, 0.1) is 10.1 Å². The van der Waals surface area contributed by atoms with E-state index in [1.54, 1.807) is 24.3 Å². The molecule has 0 spiro atoms. The van der Waals surface area contributed by atoms with Crippen LogP contribution in [0.5, 0.6) is 0 Å². The molecular formula is C23H16N2O4S. The van der Waals surface area contributed by atoms with Gasteiger partial charge in [-0.2, -0.15) is 0 Å². The maximum Gasteiger partial charge on any atom is 0.272 e. The van der Waals surface area contributed by atoms with E-state index in [2.05, 4.69) is 0 Å². The molecule has 0 aliphatic carbocycles. The van der Waals surface area contributed by atoms with Crippen LogP contribution in [-0.4, -0.2) is 16.7 Å². The molecule has 1 aliphatic rings. The van der Waals surface area contributed by atoms with Gasteiger partial charge in [-0.25, -0.2) is 4.90 Å². The molecule has 0 bridgehead atoms. The summed E-state index contributed by atoms with van der Waals surface area (Å²) in [6, 6.07) is 24.1. The van der Waals surface area contributed by atoms with Crippen LogP contribution < -0.4 is 4.90 Å². The summed E-state index contributed by atoms with van der Waals surface area (Å²) < 4.78 is 0. The Labute approximate surface area is 177 Å². The summed E-state index contributed by atoms with van der Waals surface area (Å²) in [4.78, 5) is 38.4. The molecule has 30 heavy (non-hydrogen) atoms. The number of thioether (sulfide) groups is 1. The fraction of sp³-hybridized carbons (Fsp3) is 0.0435. The summed E-state index contributed by atoms with van der Waals surface area (Å²) in [6.07, 6.45) is 0. The number of para-hydroxylation sites is 1. The monoisotopic (exact) mass is 416 g/mol. The second-order valence-electron chi connectivity index (χ2n) is 6.56. The number of rotatable bonds is 6. The van der Waals surface area contributed by atoms with Crippen molar-refractivity contribution >= 4 is 40.5 Å². The van der Waals surface area contributed by atoms with Gasteiger partial charge in [-0.15, -0.1) is 11.8 Å². The van der Waals surface area contributed by atoms with Crippen LogP contribution in [0.15, 0.2) is 89.8 Å². The number of carbonyl (C=O) groups is 2.